The average molecular weight is 275 g/mol. The molecule has 0 radical (unpaired) electrons. The average Bonchev–Trinajstić information content (AvgIpc) is 2.47. The molecule has 0 spiro atoms. The molecule has 1 fully saturated rings. The van der Waals surface area contributed by atoms with Crippen LogP contribution in [-0.4, -0.2) is 42.6 Å². The molecule has 0 aromatic heterocycles. The summed E-state index contributed by atoms with van der Waals surface area (Å²) in [6.45, 7) is 8.63. The highest BCUT2D eigenvalue weighted by Gasteiger charge is 2.53. The number of nitrogens with one attached hydrogen (secondary N) is 1. The maximum Gasteiger partial charge on any atom is 0.331 e. The highest BCUT2D eigenvalue weighted by molar-refractivity contribution is 5.76. The van der Waals surface area contributed by atoms with Crippen LogP contribution in [0.1, 0.15) is 34.6 Å². The SMILES string of the molecule is COC(=O)C(NOC(C)=O)C1OC(C)(C)C(C)(C)O1. The van der Waals surface area contributed by atoms with E-state index < -0.39 is 35.5 Å². The summed E-state index contributed by atoms with van der Waals surface area (Å²) in [7, 11) is 1.23. The maximum absolute atomic E-state index is 11.7. The Labute approximate surface area is 112 Å². The van der Waals surface area contributed by atoms with Gasteiger partial charge in [-0.3, -0.25) is 9.59 Å². The molecule has 1 unspecified atom stereocenters. The standard InChI is InChI=1S/C12H21NO6/c1-7(14)19-13-8(9(15)16-6)10-17-11(2,3)12(4,5)18-10/h8,10,13H,1-6H3. The van der Waals surface area contributed by atoms with Crippen molar-refractivity contribution in [3.63, 3.8) is 0 Å². The summed E-state index contributed by atoms with van der Waals surface area (Å²) in [5.74, 6) is -1.22. The molecule has 1 heterocycles. The molecule has 110 valence electrons. The van der Waals surface area contributed by atoms with Gasteiger partial charge in [0.2, 0.25) is 0 Å². The lowest BCUT2D eigenvalue weighted by Crippen LogP contribution is -2.48. The van der Waals surface area contributed by atoms with Crippen LogP contribution in [0.3, 0.4) is 0 Å². The van der Waals surface area contributed by atoms with Gasteiger partial charge in [0.25, 0.3) is 0 Å². The van der Waals surface area contributed by atoms with Gasteiger partial charge in [-0.05, 0) is 27.7 Å². The van der Waals surface area contributed by atoms with Crippen LogP contribution >= 0.6 is 0 Å². The van der Waals surface area contributed by atoms with Gasteiger partial charge in [-0.15, -0.1) is 5.48 Å². The summed E-state index contributed by atoms with van der Waals surface area (Å²) in [5, 5.41) is 0. The Kier molecular flexibility index (Phi) is 4.54. The summed E-state index contributed by atoms with van der Waals surface area (Å²) in [6, 6.07) is -1.05. The molecule has 0 bridgehead atoms. The van der Waals surface area contributed by atoms with E-state index in [0.29, 0.717) is 0 Å². The Hall–Kier alpha value is -1.18. The fourth-order valence-corrected chi connectivity index (χ4v) is 1.51. The second-order valence-corrected chi connectivity index (χ2v) is 5.34. The van der Waals surface area contributed by atoms with E-state index in [1.807, 2.05) is 27.7 Å². The molecule has 1 saturated heterocycles. The van der Waals surface area contributed by atoms with E-state index in [1.54, 1.807) is 0 Å². The summed E-state index contributed by atoms with van der Waals surface area (Å²) in [5.41, 5.74) is 1.12. The Morgan fingerprint density at radius 2 is 1.63 bits per heavy atom. The highest BCUT2D eigenvalue weighted by atomic mass is 16.8. The third-order valence-electron chi connectivity index (χ3n) is 3.33. The molecular formula is C12H21NO6. The van der Waals surface area contributed by atoms with Gasteiger partial charge < -0.3 is 19.0 Å². The van der Waals surface area contributed by atoms with E-state index in [4.69, 9.17) is 9.47 Å². The minimum absolute atomic E-state index is 0.578. The molecular weight excluding hydrogens is 254 g/mol. The van der Waals surface area contributed by atoms with Crippen LogP contribution < -0.4 is 5.48 Å². The Morgan fingerprint density at radius 3 is 2.00 bits per heavy atom. The molecule has 1 N–H and O–H groups in total. The first-order chi connectivity index (χ1) is 8.60. The molecule has 1 rings (SSSR count). The molecule has 7 heteroatoms. The Morgan fingerprint density at radius 1 is 1.16 bits per heavy atom. The third kappa shape index (κ3) is 3.43. The number of hydroxylamine groups is 1. The number of methoxy groups -OCH3 is 1. The van der Waals surface area contributed by atoms with Crippen molar-refractivity contribution in [3.8, 4) is 0 Å². The zero-order valence-electron chi connectivity index (χ0n) is 12.1. The van der Waals surface area contributed by atoms with Crippen molar-refractivity contribution in [1.29, 1.82) is 0 Å². The number of carbonyl (C=O) groups is 2. The number of carbonyl (C=O) groups excluding carboxylic acids is 2. The largest absolute Gasteiger partial charge is 0.468 e. The van der Waals surface area contributed by atoms with Gasteiger partial charge in [-0.25, -0.2) is 0 Å². The molecule has 1 aliphatic rings. The quantitative estimate of drug-likeness (QED) is 0.591. The zero-order valence-corrected chi connectivity index (χ0v) is 12.1. The van der Waals surface area contributed by atoms with Gasteiger partial charge in [0, 0.05) is 6.92 Å². The predicted octanol–water partition coefficient (Wildman–Crippen LogP) is 0.526. The molecule has 0 aliphatic carbocycles. The summed E-state index contributed by atoms with van der Waals surface area (Å²) in [4.78, 5) is 27.1. The molecule has 0 aromatic rings. The van der Waals surface area contributed by atoms with Crippen LogP contribution in [-0.2, 0) is 28.6 Å². The Balaban J connectivity index is 2.83. The number of hydrogen-bond acceptors (Lipinski definition) is 7. The number of esters is 1. The van der Waals surface area contributed by atoms with Crippen molar-refractivity contribution in [1.82, 2.24) is 5.48 Å². The molecule has 19 heavy (non-hydrogen) atoms. The van der Waals surface area contributed by atoms with Crippen LogP contribution in [0.5, 0.6) is 0 Å². The van der Waals surface area contributed by atoms with Crippen LogP contribution in [0.2, 0.25) is 0 Å². The summed E-state index contributed by atoms with van der Waals surface area (Å²) in [6.07, 6.45) is -0.906. The molecule has 1 aliphatic heterocycles. The van der Waals surface area contributed by atoms with E-state index in [9.17, 15) is 9.59 Å². The van der Waals surface area contributed by atoms with Crippen LogP contribution in [0.15, 0.2) is 0 Å². The lowest BCUT2D eigenvalue weighted by molar-refractivity contribution is -0.179. The fourth-order valence-electron chi connectivity index (χ4n) is 1.51. The fraction of sp³-hybridized carbons (Fsp3) is 0.833. The number of rotatable bonds is 4. The van der Waals surface area contributed by atoms with Gasteiger partial charge in [-0.1, -0.05) is 0 Å². The van der Waals surface area contributed by atoms with Gasteiger partial charge in [0.1, 0.15) is 0 Å². The van der Waals surface area contributed by atoms with Gasteiger partial charge in [0.05, 0.1) is 18.3 Å². The van der Waals surface area contributed by atoms with Gasteiger partial charge in [-0.2, -0.15) is 0 Å². The summed E-state index contributed by atoms with van der Waals surface area (Å²) < 4.78 is 16.0. The van der Waals surface area contributed by atoms with Crippen molar-refractivity contribution >= 4 is 11.9 Å². The van der Waals surface area contributed by atoms with Gasteiger partial charge >= 0.3 is 11.9 Å². The maximum atomic E-state index is 11.7. The van der Waals surface area contributed by atoms with E-state index >= 15 is 0 Å². The zero-order chi connectivity index (χ0) is 14.8. The molecule has 0 saturated carbocycles. The lowest BCUT2D eigenvalue weighted by Gasteiger charge is -2.30. The van der Waals surface area contributed by atoms with E-state index in [0.717, 1.165) is 0 Å². The Bertz CT molecular complexity index is 349. The van der Waals surface area contributed by atoms with Crippen molar-refractivity contribution in [3.05, 3.63) is 0 Å². The van der Waals surface area contributed by atoms with E-state index in [-0.39, 0.29) is 0 Å². The monoisotopic (exact) mass is 275 g/mol. The molecule has 7 nitrogen and oxygen atoms in total. The second kappa shape index (κ2) is 5.44. The van der Waals surface area contributed by atoms with Crippen LogP contribution in [0, 0.1) is 0 Å². The second-order valence-electron chi connectivity index (χ2n) is 5.34. The molecule has 0 aromatic carbocycles. The highest BCUT2D eigenvalue weighted by Crippen LogP contribution is 2.39. The van der Waals surface area contributed by atoms with Crippen molar-refractivity contribution in [2.24, 2.45) is 0 Å². The minimum Gasteiger partial charge on any atom is -0.468 e. The topological polar surface area (TPSA) is 83.1 Å². The predicted molar refractivity (Wildman–Crippen MR) is 64.8 cm³/mol. The first-order valence-electron chi connectivity index (χ1n) is 5.97. The van der Waals surface area contributed by atoms with E-state index in [2.05, 4.69) is 15.1 Å². The van der Waals surface area contributed by atoms with Crippen molar-refractivity contribution in [2.75, 3.05) is 7.11 Å². The smallest absolute Gasteiger partial charge is 0.331 e. The normalized spacial score (nSPS) is 22.8. The third-order valence-corrected chi connectivity index (χ3v) is 3.33. The molecule has 0 amide bonds. The van der Waals surface area contributed by atoms with Crippen molar-refractivity contribution < 1.29 is 28.6 Å². The van der Waals surface area contributed by atoms with Crippen LogP contribution in [0.4, 0.5) is 0 Å². The number of ether oxygens (including phenoxy) is 3. The minimum atomic E-state index is -1.05. The lowest BCUT2D eigenvalue weighted by atomic mass is 9.90. The molecule has 1 atom stereocenters. The summed E-state index contributed by atoms with van der Waals surface area (Å²) >= 11 is 0. The van der Waals surface area contributed by atoms with Crippen molar-refractivity contribution in [2.45, 2.75) is 58.2 Å². The van der Waals surface area contributed by atoms with Gasteiger partial charge in [0.15, 0.2) is 12.3 Å². The van der Waals surface area contributed by atoms with Crippen LogP contribution in [0.25, 0.3) is 0 Å². The van der Waals surface area contributed by atoms with E-state index in [1.165, 1.54) is 14.0 Å². The first-order valence-corrected chi connectivity index (χ1v) is 5.97. The first kappa shape index (κ1) is 15.9. The number of hydrogen-bond donors (Lipinski definition) is 1.